The van der Waals surface area contributed by atoms with Gasteiger partial charge in [0, 0.05) is 5.92 Å². The molecule has 1 aliphatic heterocycles. The van der Waals surface area contributed by atoms with Crippen LogP contribution in [0, 0.1) is 12.8 Å². The van der Waals surface area contributed by atoms with Crippen LogP contribution in [0.3, 0.4) is 0 Å². The smallest absolute Gasteiger partial charge is 0.352 e. The van der Waals surface area contributed by atoms with Gasteiger partial charge >= 0.3 is 5.97 Å². The van der Waals surface area contributed by atoms with Crippen LogP contribution in [0.25, 0.3) is 0 Å². The maximum atomic E-state index is 11.7. The Morgan fingerprint density at radius 1 is 1.53 bits per heavy atom. The average Bonchev–Trinajstić information content (AvgIpc) is 2.28. The van der Waals surface area contributed by atoms with Crippen molar-refractivity contribution in [1.82, 2.24) is 0 Å². The summed E-state index contributed by atoms with van der Waals surface area (Å²) in [6.45, 7) is 6.28. The molecule has 0 spiro atoms. The number of ether oxygens (including phenoxy) is 1. The van der Waals surface area contributed by atoms with E-state index >= 15 is 0 Å². The molecular weight excluding hydrogens is 214 g/mol. The van der Waals surface area contributed by atoms with Crippen molar-refractivity contribution < 1.29 is 9.53 Å². The van der Waals surface area contributed by atoms with Crippen LogP contribution in [0.4, 0.5) is 5.69 Å². The summed E-state index contributed by atoms with van der Waals surface area (Å²) in [6, 6.07) is 6.12. The third-order valence-electron chi connectivity index (χ3n) is 2.95. The van der Waals surface area contributed by atoms with E-state index in [1.165, 1.54) is 11.1 Å². The van der Waals surface area contributed by atoms with Gasteiger partial charge in [0.2, 0.25) is 0 Å². The number of carbonyl (C=O) groups is 1. The second-order valence-electron chi connectivity index (χ2n) is 4.45. The molecule has 0 radical (unpaired) electrons. The minimum absolute atomic E-state index is 0.128. The Morgan fingerprint density at radius 2 is 2.29 bits per heavy atom. The lowest BCUT2D eigenvalue weighted by molar-refractivity contribution is -0.135. The fourth-order valence-electron chi connectivity index (χ4n) is 2.11. The molecule has 0 N–H and O–H groups in total. The predicted molar refractivity (Wildman–Crippen MR) is 67.8 cm³/mol. The summed E-state index contributed by atoms with van der Waals surface area (Å²) < 4.78 is 5.02. The second kappa shape index (κ2) is 4.70. The van der Waals surface area contributed by atoms with Gasteiger partial charge in [0.25, 0.3) is 0 Å². The van der Waals surface area contributed by atoms with Gasteiger partial charge < -0.3 is 4.74 Å². The first-order valence-corrected chi connectivity index (χ1v) is 5.97. The minimum Gasteiger partial charge on any atom is -0.461 e. The molecule has 0 amide bonds. The summed E-state index contributed by atoms with van der Waals surface area (Å²) in [5.74, 6) is -0.158. The molecule has 3 nitrogen and oxygen atoms in total. The van der Waals surface area contributed by atoms with E-state index in [1.807, 2.05) is 26.0 Å². The Balaban J connectivity index is 2.36. The zero-order valence-corrected chi connectivity index (χ0v) is 10.5. The number of aryl methyl sites for hydroxylation is 1. The largest absolute Gasteiger partial charge is 0.461 e. The molecule has 17 heavy (non-hydrogen) atoms. The van der Waals surface area contributed by atoms with Gasteiger partial charge in [0.15, 0.2) is 0 Å². The van der Waals surface area contributed by atoms with Crippen LogP contribution < -0.4 is 0 Å². The van der Waals surface area contributed by atoms with Crippen molar-refractivity contribution in [1.29, 1.82) is 0 Å². The monoisotopic (exact) mass is 231 g/mol. The first kappa shape index (κ1) is 11.8. The molecule has 1 aromatic rings. The number of hydrogen-bond donors (Lipinski definition) is 0. The molecule has 0 aliphatic carbocycles. The number of benzene rings is 1. The molecule has 2 rings (SSSR count). The fourth-order valence-corrected chi connectivity index (χ4v) is 2.11. The molecule has 90 valence electrons. The molecule has 1 atom stereocenters. The third kappa shape index (κ3) is 2.38. The number of nitrogens with zero attached hydrogens (tertiary/aromatic N) is 1. The molecule has 0 saturated carbocycles. The molecule has 1 unspecified atom stereocenters. The Hall–Kier alpha value is -1.64. The van der Waals surface area contributed by atoms with Gasteiger partial charge in [-0.1, -0.05) is 24.6 Å². The van der Waals surface area contributed by atoms with E-state index in [1.54, 1.807) is 0 Å². The lowest BCUT2D eigenvalue weighted by Crippen LogP contribution is -2.27. The number of fused-ring (bicyclic) bond motifs is 1. The van der Waals surface area contributed by atoms with Crippen molar-refractivity contribution in [2.24, 2.45) is 10.9 Å². The predicted octanol–water partition coefficient (Wildman–Crippen LogP) is 2.82. The summed E-state index contributed by atoms with van der Waals surface area (Å²) in [7, 11) is 0. The molecule has 1 heterocycles. The summed E-state index contributed by atoms with van der Waals surface area (Å²) in [5.41, 5.74) is 3.89. The van der Waals surface area contributed by atoms with Gasteiger partial charge in [-0.25, -0.2) is 9.79 Å². The van der Waals surface area contributed by atoms with Crippen LogP contribution in [0.15, 0.2) is 23.2 Å². The molecule has 0 aromatic heterocycles. The summed E-state index contributed by atoms with van der Waals surface area (Å²) in [6.07, 6.45) is 0.856. The lowest BCUT2D eigenvalue weighted by Gasteiger charge is -2.20. The topological polar surface area (TPSA) is 38.7 Å². The van der Waals surface area contributed by atoms with E-state index in [9.17, 15) is 4.79 Å². The van der Waals surface area contributed by atoms with Crippen molar-refractivity contribution in [3.63, 3.8) is 0 Å². The standard InChI is InChI=1S/C14H17NO2/c1-4-17-14(16)13-10(3)8-11-7-9(2)5-6-12(11)15-13/h5-7,10H,4,8H2,1-3H3. The summed E-state index contributed by atoms with van der Waals surface area (Å²) >= 11 is 0. The van der Waals surface area contributed by atoms with E-state index in [4.69, 9.17) is 4.74 Å². The molecular formula is C14H17NO2. The van der Waals surface area contributed by atoms with Crippen LogP contribution in [0.2, 0.25) is 0 Å². The molecule has 1 aromatic carbocycles. The quantitative estimate of drug-likeness (QED) is 0.734. The number of rotatable bonds is 2. The highest BCUT2D eigenvalue weighted by Crippen LogP contribution is 2.29. The zero-order chi connectivity index (χ0) is 12.4. The molecule has 0 saturated heterocycles. The average molecular weight is 231 g/mol. The van der Waals surface area contributed by atoms with Crippen molar-refractivity contribution in [3.8, 4) is 0 Å². The summed E-state index contributed by atoms with van der Waals surface area (Å²) in [5, 5.41) is 0. The van der Waals surface area contributed by atoms with Crippen molar-refractivity contribution in [3.05, 3.63) is 29.3 Å². The first-order chi connectivity index (χ1) is 8.11. The Labute approximate surface area is 102 Å². The van der Waals surface area contributed by atoms with Crippen molar-refractivity contribution in [2.75, 3.05) is 6.61 Å². The number of carbonyl (C=O) groups excluding carboxylic acids is 1. The number of hydrogen-bond acceptors (Lipinski definition) is 3. The van der Waals surface area contributed by atoms with Gasteiger partial charge in [-0.3, -0.25) is 0 Å². The minimum atomic E-state index is -0.286. The van der Waals surface area contributed by atoms with E-state index in [0.717, 1.165) is 12.1 Å². The molecule has 3 heteroatoms. The van der Waals surface area contributed by atoms with E-state index in [-0.39, 0.29) is 11.9 Å². The van der Waals surface area contributed by atoms with Crippen molar-refractivity contribution >= 4 is 17.4 Å². The lowest BCUT2D eigenvalue weighted by atomic mass is 9.91. The molecule has 0 bridgehead atoms. The van der Waals surface area contributed by atoms with Gasteiger partial charge in [0.05, 0.1) is 12.3 Å². The van der Waals surface area contributed by atoms with Gasteiger partial charge in [-0.05, 0) is 31.9 Å². The fraction of sp³-hybridized carbons (Fsp3) is 0.429. The van der Waals surface area contributed by atoms with Gasteiger partial charge in [0.1, 0.15) is 5.71 Å². The zero-order valence-electron chi connectivity index (χ0n) is 10.5. The van der Waals surface area contributed by atoms with E-state index in [0.29, 0.717) is 12.3 Å². The highest BCUT2D eigenvalue weighted by Gasteiger charge is 2.25. The normalized spacial score (nSPS) is 18.3. The number of esters is 1. The third-order valence-corrected chi connectivity index (χ3v) is 2.95. The Morgan fingerprint density at radius 3 is 3.00 bits per heavy atom. The highest BCUT2D eigenvalue weighted by atomic mass is 16.5. The number of aliphatic imine (C=N–C) groups is 1. The SMILES string of the molecule is CCOC(=O)C1=Nc2ccc(C)cc2CC1C. The summed E-state index contributed by atoms with van der Waals surface area (Å²) in [4.78, 5) is 16.2. The van der Waals surface area contributed by atoms with Crippen molar-refractivity contribution in [2.45, 2.75) is 27.2 Å². The van der Waals surface area contributed by atoms with Crippen LogP contribution in [0.1, 0.15) is 25.0 Å². The molecule has 1 aliphatic rings. The van der Waals surface area contributed by atoms with Gasteiger partial charge in [-0.15, -0.1) is 0 Å². The van der Waals surface area contributed by atoms with Gasteiger partial charge in [-0.2, -0.15) is 0 Å². The Kier molecular flexibility index (Phi) is 3.27. The van der Waals surface area contributed by atoms with Crippen LogP contribution in [-0.4, -0.2) is 18.3 Å². The molecule has 0 fully saturated rings. The maximum Gasteiger partial charge on any atom is 0.352 e. The van der Waals surface area contributed by atoms with Crippen LogP contribution in [-0.2, 0) is 16.0 Å². The van der Waals surface area contributed by atoms with E-state index < -0.39 is 0 Å². The second-order valence-corrected chi connectivity index (χ2v) is 4.45. The highest BCUT2D eigenvalue weighted by molar-refractivity contribution is 6.38. The van der Waals surface area contributed by atoms with Crippen LogP contribution >= 0.6 is 0 Å². The maximum absolute atomic E-state index is 11.7. The van der Waals surface area contributed by atoms with Crippen LogP contribution in [0.5, 0.6) is 0 Å². The first-order valence-electron chi connectivity index (χ1n) is 5.97. The Bertz CT molecular complexity index is 477. The van der Waals surface area contributed by atoms with E-state index in [2.05, 4.69) is 18.0 Å².